The molecule has 61 valence electrons. The van der Waals surface area contributed by atoms with Gasteiger partial charge < -0.3 is 0 Å². The van der Waals surface area contributed by atoms with Crippen molar-refractivity contribution in [1.29, 1.82) is 0 Å². The normalized spacial score (nSPS) is 9.50. The van der Waals surface area contributed by atoms with Gasteiger partial charge in [-0.25, -0.2) is 0 Å². The van der Waals surface area contributed by atoms with Crippen LogP contribution in [-0.4, -0.2) is 13.8 Å². The molecule has 0 spiro atoms. The van der Waals surface area contributed by atoms with E-state index < -0.39 is 36.1 Å². The van der Waals surface area contributed by atoms with Crippen LogP contribution in [-0.2, 0) is 59.2 Å². The maximum absolute atomic E-state index is 9.77. The monoisotopic (exact) mass is 463 g/mol. The van der Waals surface area contributed by atoms with E-state index in [0.717, 1.165) is 16.8 Å². The molecule has 0 heterocycles. The third kappa shape index (κ3) is 33.3. The van der Waals surface area contributed by atoms with Crippen LogP contribution in [0.4, 0.5) is 0 Å². The SMILES string of the molecule is O=[P](O)(O)[Mo][W].[O]=[V](=[O])[OH]. The molecule has 0 rings (SSSR count). The van der Waals surface area contributed by atoms with Gasteiger partial charge in [-0.15, -0.1) is 0 Å². The quantitative estimate of drug-likeness (QED) is 0.336. The van der Waals surface area contributed by atoms with E-state index in [1.165, 1.54) is 0 Å². The third-order valence-electron chi connectivity index (χ3n) is 0.0971. The van der Waals surface area contributed by atoms with Crippen LogP contribution in [0.3, 0.4) is 0 Å². The molecule has 0 bridgehead atoms. The van der Waals surface area contributed by atoms with Gasteiger partial charge in [0.05, 0.1) is 0 Å². The first-order chi connectivity index (χ1) is 4.29. The number of hydrogen-bond donors (Lipinski definition) is 3. The van der Waals surface area contributed by atoms with Gasteiger partial charge in [0.25, 0.3) is 0 Å². The second-order valence-corrected chi connectivity index (χ2v) is 16.8. The van der Waals surface area contributed by atoms with Gasteiger partial charge >= 0.3 is 78.7 Å². The second-order valence-electron chi connectivity index (χ2n) is 0.803. The minimum atomic E-state index is -3.69. The second kappa shape index (κ2) is 7.33. The fraction of sp³-hybridized carbons (Fsp3) is 0. The molecule has 0 saturated carbocycles. The van der Waals surface area contributed by atoms with Crippen molar-refractivity contribution in [1.82, 2.24) is 0 Å². The molecule has 0 aliphatic rings. The summed E-state index contributed by atoms with van der Waals surface area (Å²) in [4.78, 5) is 16.0. The standard InChI is InChI=1S/Mo.HO3P.H2O.2O.V.W/c;1-4(2)3;;;;;/h;(H-,1,2,3);1H2;;;;/q-1;;;;;+1;. The Bertz CT molecular complexity index is 172. The first-order valence-corrected chi connectivity index (χ1v) is 15.4. The van der Waals surface area contributed by atoms with Crippen molar-refractivity contribution >= 4 is 5.69 Å². The minimum absolute atomic E-state index is 0.932. The average Bonchev–Trinajstić information content (AvgIpc) is 1.63. The molecule has 0 amide bonds. The van der Waals surface area contributed by atoms with E-state index >= 15 is 0 Å². The fourth-order valence-electron chi connectivity index (χ4n) is 0. The van der Waals surface area contributed by atoms with Gasteiger partial charge in [0.2, 0.25) is 0 Å². The first-order valence-electron chi connectivity index (χ1n) is 1.50. The van der Waals surface area contributed by atoms with Gasteiger partial charge in [-0.2, -0.15) is 0 Å². The van der Waals surface area contributed by atoms with E-state index in [2.05, 4.69) is 0 Å². The molecule has 6 nitrogen and oxygen atoms in total. The van der Waals surface area contributed by atoms with Crippen molar-refractivity contribution in [2.75, 3.05) is 0 Å². The van der Waals surface area contributed by atoms with Gasteiger partial charge in [0, 0.05) is 0 Å². The molecule has 10 heavy (non-hydrogen) atoms. The van der Waals surface area contributed by atoms with Crippen LogP contribution in [0, 0.1) is 0 Å². The van der Waals surface area contributed by atoms with Crippen molar-refractivity contribution in [2.45, 2.75) is 0 Å². The van der Waals surface area contributed by atoms with Gasteiger partial charge in [-0.05, 0) is 0 Å². The summed E-state index contributed by atoms with van der Waals surface area (Å²) < 4.78 is 34.2. The molecule has 0 aliphatic heterocycles. The van der Waals surface area contributed by atoms with Crippen molar-refractivity contribution in [3.63, 3.8) is 0 Å². The molecule has 0 aromatic rings. The molecule has 0 aliphatic carbocycles. The summed E-state index contributed by atoms with van der Waals surface area (Å²) in [6.45, 7) is 0. The molecule has 0 aromatic heterocycles. The van der Waals surface area contributed by atoms with E-state index in [-0.39, 0.29) is 0 Å². The zero-order chi connectivity index (χ0) is 8.78. The van der Waals surface area contributed by atoms with Gasteiger partial charge in [-0.1, -0.05) is 0 Å². The van der Waals surface area contributed by atoms with E-state index in [1.54, 1.807) is 0 Å². The Balaban J connectivity index is 0. The Morgan fingerprint density at radius 2 is 1.50 bits per heavy atom. The topological polar surface area (TPSA) is 112 Å². The Hall–Kier alpha value is 1.67. The summed E-state index contributed by atoms with van der Waals surface area (Å²) >= 11 is -3.56. The number of hydrogen-bond acceptors (Lipinski definition) is 3. The van der Waals surface area contributed by atoms with Crippen LogP contribution in [0.2, 0.25) is 0 Å². The Kier molecular flexibility index (Phi) is 10.4. The van der Waals surface area contributed by atoms with Crippen LogP contribution in [0.5, 0.6) is 0 Å². The summed E-state index contributed by atoms with van der Waals surface area (Å²) in [6, 6.07) is 0. The summed E-state index contributed by atoms with van der Waals surface area (Å²) in [5.74, 6) is 0. The summed E-state index contributed by atoms with van der Waals surface area (Å²) in [7, 11) is 0. The molecular weight excluding hydrogens is 458 g/mol. The molecule has 0 unspecified atom stereocenters. The van der Waals surface area contributed by atoms with E-state index in [9.17, 15) is 4.57 Å². The molecule has 0 fully saturated rings. The van der Waals surface area contributed by atoms with E-state index in [0.29, 0.717) is 0 Å². The maximum atomic E-state index is 9.77. The van der Waals surface area contributed by atoms with Gasteiger partial charge in [0.1, 0.15) is 0 Å². The number of rotatable bonds is 1. The van der Waals surface area contributed by atoms with Crippen LogP contribution in [0.1, 0.15) is 0 Å². The van der Waals surface area contributed by atoms with Crippen LogP contribution >= 0.6 is 5.69 Å². The molecule has 3 N–H and O–H groups in total. The Morgan fingerprint density at radius 3 is 1.50 bits per heavy atom. The Labute approximate surface area is 78.0 Å². The zero-order valence-corrected chi connectivity index (χ0v) is 11.5. The average molecular weight is 461 g/mol. The zero-order valence-electron chi connectivity index (χ0n) is 4.28. The van der Waals surface area contributed by atoms with Crippen molar-refractivity contribution in [3.05, 3.63) is 0 Å². The van der Waals surface area contributed by atoms with Crippen LogP contribution < -0.4 is 0 Å². The van der Waals surface area contributed by atoms with Gasteiger partial charge in [-0.3, -0.25) is 0 Å². The molecule has 0 radical (unpaired) electrons. The Morgan fingerprint density at radius 1 is 1.40 bits per heavy atom. The van der Waals surface area contributed by atoms with Crippen molar-refractivity contribution in [2.24, 2.45) is 0 Å². The molecular formula is H3MoO6PVW. The van der Waals surface area contributed by atoms with Crippen molar-refractivity contribution < 1.29 is 73.0 Å². The molecule has 0 atom stereocenters. The fourth-order valence-corrected chi connectivity index (χ4v) is 0. The third-order valence-corrected chi connectivity index (χ3v) is 14.1. The van der Waals surface area contributed by atoms with Crippen LogP contribution in [0.15, 0.2) is 0 Å². The summed E-state index contributed by atoms with van der Waals surface area (Å²) in [6.07, 6.45) is 0. The molecule has 10 heteroatoms. The van der Waals surface area contributed by atoms with Crippen molar-refractivity contribution in [3.8, 4) is 0 Å². The summed E-state index contributed by atoms with van der Waals surface area (Å²) in [5.41, 5.74) is -3.48. The molecule has 0 aromatic carbocycles. The predicted octanol–water partition coefficient (Wildman–Crippen LogP) is -1.17. The van der Waals surface area contributed by atoms with Crippen LogP contribution in [0.25, 0.3) is 0 Å². The predicted molar refractivity (Wildman–Crippen MR) is 15.6 cm³/mol. The first kappa shape index (κ1) is 14.2. The van der Waals surface area contributed by atoms with E-state index in [1.807, 2.05) is 0 Å². The molecule has 0 saturated heterocycles. The van der Waals surface area contributed by atoms with Gasteiger partial charge in [0.15, 0.2) is 0 Å². The van der Waals surface area contributed by atoms with E-state index in [4.69, 9.17) is 21.2 Å². The summed E-state index contributed by atoms with van der Waals surface area (Å²) in [5, 5.41) is 0.